The minimum atomic E-state index is -2.85. The summed E-state index contributed by atoms with van der Waals surface area (Å²) < 4.78 is 33.3. The van der Waals surface area contributed by atoms with Gasteiger partial charge in [0.25, 0.3) is 5.91 Å². The van der Waals surface area contributed by atoms with Gasteiger partial charge in [-0.3, -0.25) is 4.79 Å². The molecule has 2 rings (SSSR count). The molecule has 106 valence electrons. The van der Waals surface area contributed by atoms with E-state index in [-0.39, 0.29) is 23.5 Å². The van der Waals surface area contributed by atoms with Crippen molar-refractivity contribution in [1.29, 1.82) is 0 Å². The molecule has 0 saturated carbocycles. The molecule has 1 unspecified atom stereocenters. The van der Waals surface area contributed by atoms with Crippen molar-refractivity contribution >= 4 is 5.91 Å². The van der Waals surface area contributed by atoms with Crippen LogP contribution < -0.4 is 10.1 Å². The number of alkyl halides is 2. The molecule has 1 N–H and O–H groups in total. The minimum absolute atomic E-state index is 0.0771. The summed E-state index contributed by atoms with van der Waals surface area (Å²) >= 11 is 0. The van der Waals surface area contributed by atoms with E-state index in [4.69, 9.17) is 4.42 Å². The van der Waals surface area contributed by atoms with Crippen LogP contribution in [0.3, 0.4) is 0 Å². The summed E-state index contributed by atoms with van der Waals surface area (Å²) in [5, 5.41) is 2.74. The van der Waals surface area contributed by atoms with Crippen LogP contribution >= 0.6 is 0 Å². The van der Waals surface area contributed by atoms with Gasteiger partial charge in [-0.15, -0.1) is 0 Å². The monoisotopic (exact) mass is 281 g/mol. The lowest BCUT2D eigenvalue weighted by Gasteiger charge is -2.14. The predicted octanol–water partition coefficient (Wildman–Crippen LogP) is 3.37. The third-order valence-corrected chi connectivity index (χ3v) is 2.70. The van der Waals surface area contributed by atoms with Gasteiger partial charge in [0, 0.05) is 0 Å². The number of amides is 1. The molecule has 2 aromatic rings. The summed E-state index contributed by atoms with van der Waals surface area (Å²) in [7, 11) is 0. The summed E-state index contributed by atoms with van der Waals surface area (Å²) in [6, 6.07) is 8.98. The van der Waals surface area contributed by atoms with E-state index in [1.54, 1.807) is 31.2 Å². The van der Waals surface area contributed by atoms with Crippen molar-refractivity contribution < 1.29 is 22.7 Å². The van der Waals surface area contributed by atoms with Gasteiger partial charge in [-0.05, 0) is 36.8 Å². The maximum Gasteiger partial charge on any atom is 0.387 e. The quantitative estimate of drug-likeness (QED) is 0.914. The van der Waals surface area contributed by atoms with E-state index in [9.17, 15) is 13.6 Å². The minimum Gasteiger partial charge on any atom is -0.459 e. The fourth-order valence-corrected chi connectivity index (χ4v) is 1.70. The number of hydrogen-bond acceptors (Lipinski definition) is 3. The molecule has 0 aliphatic carbocycles. The fraction of sp³-hybridized carbons (Fsp3) is 0.214. The first-order valence-corrected chi connectivity index (χ1v) is 5.95. The molecule has 1 amide bonds. The van der Waals surface area contributed by atoms with Crippen molar-refractivity contribution in [1.82, 2.24) is 5.32 Å². The Hall–Kier alpha value is -2.37. The van der Waals surface area contributed by atoms with Crippen LogP contribution in [0.25, 0.3) is 0 Å². The summed E-state index contributed by atoms with van der Waals surface area (Å²) in [4.78, 5) is 11.8. The molecule has 20 heavy (non-hydrogen) atoms. The van der Waals surface area contributed by atoms with Crippen LogP contribution in [-0.2, 0) is 0 Å². The van der Waals surface area contributed by atoms with Gasteiger partial charge in [0.15, 0.2) is 5.76 Å². The smallest absolute Gasteiger partial charge is 0.387 e. The molecular weight excluding hydrogens is 268 g/mol. The lowest BCUT2D eigenvalue weighted by Crippen LogP contribution is -2.26. The third-order valence-electron chi connectivity index (χ3n) is 2.70. The van der Waals surface area contributed by atoms with Crippen LogP contribution in [-0.4, -0.2) is 12.5 Å². The molecular formula is C14H13F2NO3. The van der Waals surface area contributed by atoms with Crippen LogP contribution in [0, 0.1) is 0 Å². The second-order valence-electron chi connectivity index (χ2n) is 4.12. The number of rotatable bonds is 5. The van der Waals surface area contributed by atoms with Crippen LogP contribution in [0.15, 0.2) is 47.1 Å². The first-order chi connectivity index (χ1) is 9.56. The van der Waals surface area contributed by atoms with Crippen molar-refractivity contribution in [2.24, 2.45) is 0 Å². The first kappa shape index (κ1) is 14.0. The van der Waals surface area contributed by atoms with E-state index in [1.807, 2.05) is 0 Å². The van der Waals surface area contributed by atoms with Crippen molar-refractivity contribution in [2.75, 3.05) is 0 Å². The largest absolute Gasteiger partial charge is 0.459 e. The number of nitrogens with one attached hydrogen (secondary N) is 1. The molecule has 4 nitrogen and oxygen atoms in total. The second-order valence-corrected chi connectivity index (χ2v) is 4.12. The van der Waals surface area contributed by atoms with E-state index in [2.05, 4.69) is 10.1 Å². The Morgan fingerprint density at radius 1 is 1.25 bits per heavy atom. The topological polar surface area (TPSA) is 51.5 Å². The van der Waals surface area contributed by atoms with E-state index < -0.39 is 6.61 Å². The Morgan fingerprint density at radius 3 is 2.50 bits per heavy atom. The number of halogens is 2. The standard InChI is InChI=1S/C14H13F2NO3/c1-9(17-13(18)12-3-2-8-19-12)10-4-6-11(7-5-10)20-14(15)16/h2-9,14H,1H3,(H,17,18). The van der Waals surface area contributed by atoms with Gasteiger partial charge < -0.3 is 14.5 Å². The summed E-state index contributed by atoms with van der Waals surface area (Å²) in [6.45, 7) is -1.07. The van der Waals surface area contributed by atoms with E-state index in [0.29, 0.717) is 0 Å². The highest BCUT2D eigenvalue weighted by Crippen LogP contribution is 2.19. The Labute approximate surface area is 114 Å². The highest BCUT2D eigenvalue weighted by atomic mass is 19.3. The molecule has 6 heteroatoms. The Kier molecular flexibility index (Phi) is 4.34. The number of ether oxygens (including phenoxy) is 1. The lowest BCUT2D eigenvalue weighted by molar-refractivity contribution is -0.0498. The van der Waals surface area contributed by atoms with E-state index >= 15 is 0 Å². The molecule has 0 spiro atoms. The molecule has 0 aliphatic heterocycles. The Balaban J connectivity index is 1.98. The summed E-state index contributed by atoms with van der Waals surface area (Å²) in [6.07, 6.45) is 1.41. The van der Waals surface area contributed by atoms with Gasteiger partial charge in [0.2, 0.25) is 0 Å². The van der Waals surface area contributed by atoms with Gasteiger partial charge in [-0.1, -0.05) is 12.1 Å². The van der Waals surface area contributed by atoms with Gasteiger partial charge in [0.1, 0.15) is 5.75 Å². The number of carbonyl (C=O) groups is 1. The number of benzene rings is 1. The highest BCUT2D eigenvalue weighted by molar-refractivity contribution is 5.91. The van der Waals surface area contributed by atoms with Gasteiger partial charge in [-0.25, -0.2) is 0 Å². The molecule has 0 radical (unpaired) electrons. The van der Waals surface area contributed by atoms with Crippen molar-refractivity contribution in [3.05, 3.63) is 54.0 Å². The predicted molar refractivity (Wildman–Crippen MR) is 67.7 cm³/mol. The molecule has 1 aromatic carbocycles. The van der Waals surface area contributed by atoms with Crippen molar-refractivity contribution in [2.45, 2.75) is 19.6 Å². The van der Waals surface area contributed by atoms with Gasteiger partial charge >= 0.3 is 6.61 Å². The normalized spacial score (nSPS) is 12.2. The number of carbonyl (C=O) groups excluding carboxylic acids is 1. The molecule has 0 fully saturated rings. The van der Waals surface area contributed by atoms with Crippen LogP contribution in [0.4, 0.5) is 8.78 Å². The van der Waals surface area contributed by atoms with E-state index in [1.165, 1.54) is 18.4 Å². The number of furan rings is 1. The Bertz CT molecular complexity index is 552. The second kappa shape index (κ2) is 6.18. The summed E-state index contributed by atoms with van der Waals surface area (Å²) in [5.74, 6) is -0.0433. The average molecular weight is 281 g/mol. The van der Waals surface area contributed by atoms with E-state index in [0.717, 1.165) is 5.56 Å². The third kappa shape index (κ3) is 3.57. The van der Waals surface area contributed by atoms with Crippen LogP contribution in [0.1, 0.15) is 29.1 Å². The lowest BCUT2D eigenvalue weighted by atomic mass is 10.1. The number of hydrogen-bond donors (Lipinski definition) is 1. The zero-order valence-electron chi connectivity index (χ0n) is 10.7. The van der Waals surface area contributed by atoms with Crippen LogP contribution in [0.5, 0.6) is 5.75 Å². The molecule has 0 saturated heterocycles. The summed E-state index contributed by atoms with van der Waals surface area (Å²) in [5.41, 5.74) is 0.770. The maximum atomic E-state index is 12.0. The SMILES string of the molecule is CC(NC(=O)c1ccco1)c1ccc(OC(F)F)cc1. The molecule has 0 aliphatic rings. The molecule has 0 bridgehead atoms. The first-order valence-electron chi connectivity index (χ1n) is 5.95. The average Bonchev–Trinajstić information content (AvgIpc) is 2.92. The Morgan fingerprint density at radius 2 is 1.95 bits per heavy atom. The van der Waals surface area contributed by atoms with Gasteiger partial charge in [0.05, 0.1) is 12.3 Å². The van der Waals surface area contributed by atoms with Crippen LogP contribution in [0.2, 0.25) is 0 Å². The zero-order valence-corrected chi connectivity index (χ0v) is 10.7. The molecule has 1 atom stereocenters. The molecule has 1 heterocycles. The van der Waals surface area contributed by atoms with Gasteiger partial charge in [-0.2, -0.15) is 8.78 Å². The molecule has 1 aromatic heterocycles. The maximum absolute atomic E-state index is 12.0. The fourth-order valence-electron chi connectivity index (χ4n) is 1.70. The van der Waals surface area contributed by atoms with Crippen molar-refractivity contribution in [3.63, 3.8) is 0 Å². The zero-order chi connectivity index (χ0) is 14.5. The van der Waals surface area contributed by atoms with Crippen molar-refractivity contribution in [3.8, 4) is 5.75 Å². The highest BCUT2D eigenvalue weighted by Gasteiger charge is 2.13.